The highest BCUT2D eigenvalue weighted by Crippen LogP contribution is 1.99. The van der Waals surface area contributed by atoms with Gasteiger partial charge < -0.3 is 10.4 Å². The Morgan fingerprint density at radius 2 is 1.21 bits per heavy atom. The molecule has 0 aromatic rings. The van der Waals surface area contributed by atoms with Gasteiger partial charge in [0.05, 0.1) is 12.4 Å². The van der Waals surface area contributed by atoms with Gasteiger partial charge in [0.25, 0.3) is 0 Å². The minimum atomic E-state index is 0.693. The summed E-state index contributed by atoms with van der Waals surface area (Å²) in [6.07, 6.45) is 2.98. The monoisotopic (exact) mass is 200 g/mol. The molecule has 0 aromatic carbocycles. The summed E-state index contributed by atoms with van der Waals surface area (Å²) < 4.78 is 0. The van der Waals surface area contributed by atoms with E-state index in [1.165, 1.54) is 12.4 Å². The summed E-state index contributed by atoms with van der Waals surface area (Å²) in [5.74, 6) is 0. The third-order valence-corrected chi connectivity index (χ3v) is 2.31. The number of rotatable bonds is 4. The molecule has 0 aromatic heterocycles. The average Bonchev–Trinajstić information content (AvgIpc) is 2.25. The van der Waals surface area contributed by atoms with Crippen LogP contribution in [0.25, 0.3) is 0 Å². The standard InChI is InChI=1S/C8H16N4O2/c13-9-1-3-11-5-7-12(8-6-11)4-2-10-14/h1-2,13-14H,3-8H2/b9-1+,10-2+. The largest absolute Gasteiger partial charge is 0.411 e. The first kappa shape index (κ1) is 10.9. The molecule has 1 heterocycles. The van der Waals surface area contributed by atoms with E-state index >= 15 is 0 Å². The molecule has 0 bridgehead atoms. The van der Waals surface area contributed by atoms with Crippen LogP contribution in [0.4, 0.5) is 0 Å². The predicted octanol–water partition coefficient (Wildman–Crippen LogP) is -0.476. The highest BCUT2D eigenvalue weighted by atomic mass is 16.4. The second kappa shape index (κ2) is 6.33. The Morgan fingerprint density at radius 3 is 1.50 bits per heavy atom. The molecule has 1 aliphatic rings. The Morgan fingerprint density at radius 1 is 0.857 bits per heavy atom. The Kier molecular flexibility index (Phi) is 4.95. The van der Waals surface area contributed by atoms with Crippen molar-refractivity contribution in [2.75, 3.05) is 39.3 Å². The lowest BCUT2D eigenvalue weighted by atomic mass is 10.3. The third kappa shape index (κ3) is 3.71. The Hall–Kier alpha value is -1.14. The fraction of sp³-hybridized carbons (Fsp3) is 0.750. The topological polar surface area (TPSA) is 71.7 Å². The van der Waals surface area contributed by atoms with E-state index in [9.17, 15) is 0 Å². The van der Waals surface area contributed by atoms with Crippen molar-refractivity contribution in [2.45, 2.75) is 0 Å². The number of hydrogen-bond donors (Lipinski definition) is 2. The molecule has 6 nitrogen and oxygen atoms in total. The molecule has 1 aliphatic heterocycles. The summed E-state index contributed by atoms with van der Waals surface area (Å²) in [5, 5.41) is 22.4. The molecule has 1 saturated heterocycles. The quantitative estimate of drug-likeness (QED) is 0.365. The molecule has 1 fully saturated rings. The third-order valence-electron chi connectivity index (χ3n) is 2.31. The summed E-state index contributed by atoms with van der Waals surface area (Å²) in [4.78, 5) is 4.40. The highest BCUT2D eigenvalue weighted by molar-refractivity contribution is 5.59. The zero-order valence-corrected chi connectivity index (χ0v) is 8.08. The van der Waals surface area contributed by atoms with Gasteiger partial charge in [-0.05, 0) is 0 Å². The van der Waals surface area contributed by atoms with Crippen molar-refractivity contribution in [3.05, 3.63) is 0 Å². The maximum Gasteiger partial charge on any atom is 0.0576 e. The summed E-state index contributed by atoms with van der Waals surface area (Å²) in [7, 11) is 0. The van der Waals surface area contributed by atoms with Crippen LogP contribution < -0.4 is 0 Å². The number of oxime groups is 2. The zero-order chi connectivity index (χ0) is 10.2. The molecule has 0 aliphatic carbocycles. The minimum Gasteiger partial charge on any atom is -0.411 e. The van der Waals surface area contributed by atoms with Gasteiger partial charge in [0, 0.05) is 39.3 Å². The summed E-state index contributed by atoms with van der Waals surface area (Å²) in [5.41, 5.74) is 0. The molecule has 0 radical (unpaired) electrons. The molecule has 0 unspecified atom stereocenters. The van der Waals surface area contributed by atoms with Crippen LogP contribution in [0, 0.1) is 0 Å². The van der Waals surface area contributed by atoms with E-state index in [1.807, 2.05) is 0 Å². The van der Waals surface area contributed by atoms with Crippen molar-refractivity contribution < 1.29 is 10.4 Å². The summed E-state index contributed by atoms with van der Waals surface area (Å²) in [6.45, 7) is 5.18. The van der Waals surface area contributed by atoms with E-state index in [4.69, 9.17) is 10.4 Å². The van der Waals surface area contributed by atoms with E-state index in [0.29, 0.717) is 13.1 Å². The van der Waals surface area contributed by atoms with Gasteiger partial charge in [-0.2, -0.15) is 0 Å². The van der Waals surface area contributed by atoms with E-state index in [1.54, 1.807) is 0 Å². The summed E-state index contributed by atoms with van der Waals surface area (Å²) >= 11 is 0. The zero-order valence-electron chi connectivity index (χ0n) is 8.08. The fourth-order valence-electron chi connectivity index (χ4n) is 1.46. The molecule has 0 saturated carbocycles. The van der Waals surface area contributed by atoms with Gasteiger partial charge in [0.1, 0.15) is 0 Å². The van der Waals surface area contributed by atoms with E-state index in [2.05, 4.69) is 20.1 Å². The molecule has 0 atom stereocenters. The van der Waals surface area contributed by atoms with Gasteiger partial charge in [-0.25, -0.2) is 0 Å². The van der Waals surface area contributed by atoms with E-state index in [-0.39, 0.29) is 0 Å². The van der Waals surface area contributed by atoms with Crippen LogP contribution in [0.2, 0.25) is 0 Å². The lowest BCUT2D eigenvalue weighted by molar-refractivity contribution is 0.161. The first-order valence-corrected chi connectivity index (χ1v) is 4.63. The molecule has 1 rings (SSSR count). The molecule has 14 heavy (non-hydrogen) atoms. The SMILES string of the molecule is O/N=C/CN1CCN(C/C=N/O)CC1. The van der Waals surface area contributed by atoms with Crippen molar-refractivity contribution in [1.82, 2.24) is 9.80 Å². The predicted molar refractivity (Wildman–Crippen MR) is 53.4 cm³/mol. The normalized spacial score (nSPS) is 21.1. The molecule has 6 heteroatoms. The van der Waals surface area contributed by atoms with Crippen LogP contribution in [0.3, 0.4) is 0 Å². The molecule has 80 valence electrons. The van der Waals surface area contributed by atoms with Crippen LogP contribution in [-0.2, 0) is 0 Å². The van der Waals surface area contributed by atoms with Gasteiger partial charge in [0.15, 0.2) is 0 Å². The Balaban J connectivity index is 2.17. The lowest BCUT2D eigenvalue weighted by Gasteiger charge is -2.32. The van der Waals surface area contributed by atoms with Gasteiger partial charge >= 0.3 is 0 Å². The van der Waals surface area contributed by atoms with Crippen LogP contribution in [0.1, 0.15) is 0 Å². The van der Waals surface area contributed by atoms with Gasteiger partial charge in [-0.1, -0.05) is 0 Å². The second-order valence-corrected chi connectivity index (χ2v) is 3.20. The van der Waals surface area contributed by atoms with Gasteiger partial charge in [-0.3, -0.25) is 9.80 Å². The van der Waals surface area contributed by atoms with Crippen LogP contribution >= 0.6 is 0 Å². The maximum absolute atomic E-state index is 8.25. The molecule has 2 N–H and O–H groups in total. The van der Waals surface area contributed by atoms with E-state index < -0.39 is 0 Å². The second-order valence-electron chi connectivity index (χ2n) is 3.20. The van der Waals surface area contributed by atoms with Crippen molar-refractivity contribution >= 4 is 12.4 Å². The van der Waals surface area contributed by atoms with Crippen LogP contribution in [0.15, 0.2) is 10.3 Å². The van der Waals surface area contributed by atoms with Crippen molar-refractivity contribution in [3.63, 3.8) is 0 Å². The Labute approximate surface area is 83.1 Å². The maximum atomic E-state index is 8.25. The highest BCUT2D eigenvalue weighted by Gasteiger charge is 2.14. The number of hydrogen-bond acceptors (Lipinski definition) is 6. The van der Waals surface area contributed by atoms with Crippen molar-refractivity contribution in [3.8, 4) is 0 Å². The lowest BCUT2D eigenvalue weighted by Crippen LogP contribution is -2.47. The first-order chi connectivity index (χ1) is 6.86. The van der Waals surface area contributed by atoms with Crippen LogP contribution in [0.5, 0.6) is 0 Å². The Bertz CT molecular complexity index is 178. The fourth-order valence-corrected chi connectivity index (χ4v) is 1.46. The van der Waals surface area contributed by atoms with Crippen molar-refractivity contribution in [2.24, 2.45) is 10.3 Å². The van der Waals surface area contributed by atoms with Crippen molar-refractivity contribution in [1.29, 1.82) is 0 Å². The van der Waals surface area contributed by atoms with E-state index in [0.717, 1.165) is 26.2 Å². The average molecular weight is 200 g/mol. The molecular formula is C8H16N4O2. The minimum absolute atomic E-state index is 0.693. The van der Waals surface area contributed by atoms with Crippen LogP contribution in [-0.4, -0.2) is 71.9 Å². The molecule has 0 spiro atoms. The van der Waals surface area contributed by atoms with Gasteiger partial charge in [0.2, 0.25) is 0 Å². The first-order valence-electron chi connectivity index (χ1n) is 4.63. The molecular weight excluding hydrogens is 184 g/mol. The number of piperazine rings is 1. The number of nitrogens with zero attached hydrogens (tertiary/aromatic N) is 4. The summed E-state index contributed by atoms with van der Waals surface area (Å²) in [6, 6.07) is 0. The molecule has 0 amide bonds. The smallest absolute Gasteiger partial charge is 0.0576 e. The van der Waals surface area contributed by atoms with Gasteiger partial charge in [-0.15, -0.1) is 10.3 Å².